The summed E-state index contributed by atoms with van der Waals surface area (Å²) in [6.45, 7) is 2.87. The molecule has 0 unspecified atom stereocenters. The van der Waals surface area contributed by atoms with E-state index in [1.165, 1.54) is 0 Å². The SMILES string of the molecule is CNCCc1noc(-c2cc(Br)ccc2C)n1. The summed E-state index contributed by atoms with van der Waals surface area (Å²) >= 11 is 3.44. The summed E-state index contributed by atoms with van der Waals surface area (Å²) in [4.78, 5) is 4.38. The van der Waals surface area contributed by atoms with Crippen molar-refractivity contribution in [3.63, 3.8) is 0 Å². The number of hydrogen-bond donors (Lipinski definition) is 1. The molecular formula is C12H14BrN3O. The van der Waals surface area contributed by atoms with Crippen molar-refractivity contribution >= 4 is 15.9 Å². The first-order valence-electron chi connectivity index (χ1n) is 5.44. The zero-order chi connectivity index (χ0) is 12.3. The number of aromatic nitrogens is 2. The maximum atomic E-state index is 5.27. The van der Waals surface area contributed by atoms with E-state index >= 15 is 0 Å². The van der Waals surface area contributed by atoms with Crippen LogP contribution in [-0.2, 0) is 6.42 Å². The third-order valence-electron chi connectivity index (χ3n) is 2.50. The third kappa shape index (κ3) is 2.92. The predicted molar refractivity (Wildman–Crippen MR) is 69.8 cm³/mol. The van der Waals surface area contributed by atoms with Crippen molar-refractivity contribution in [1.29, 1.82) is 0 Å². The minimum atomic E-state index is 0.579. The maximum Gasteiger partial charge on any atom is 0.258 e. The molecule has 2 rings (SSSR count). The van der Waals surface area contributed by atoms with Gasteiger partial charge < -0.3 is 9.84 Å². The van der Waals surface area contributed by atoms with Gasteiger partial charge in [0.25, 0.3) is 5.89 Å². The summed E-state index contributed by atoms with van der Waals surface area (Å²) in [6, 6.07) is 6.01. The molecule has 17 heavy (non-hydrogen) atoms. The minimum Gasteiger partial charge on any atom is -0.334 e. The molecule has 4 nitrogen and oxygen atoms in total. The molecule has 0 amide bonds. The second-order valence-electron chi connectivity index (χ2n) is 3.83. The van der Waals surface area contributed by atoms with Gasteiger partial charge in [0.05, 0.1) is 0 Å². The summed E-state index contributed by atoms with van der Waals surface area (Å²) in [5.74, 6) is 1.31. The van der Waals surface area contributed by atoms with Gasteiger partial charge in [-0.2, -0.15) is 4.98 Å². The molecule has 0 aliphatic heterocycles. The van der Waals surface area contributed by atoms with Crippen LogP contribution in [0.15, 0.2) is 27.2 Å². The number of benzene rings is 1. The number of rotatable bonds is 4. The number of aryl methyl sites for hydroxylation is 1. The second-order valence-corrected chi connectivity index (χ2v) is 4.74. The smallest absolute Gasteiger partial charge is 0.258 e. The van der Waals surface area contributed by atoms with Crippen molar-refractivity contribution in [2.45, 2.75) is 13.3 Å². The lowest BCUT2D eigenvalue weighted by Gasteiger charge is -2.00. The summed E-state index contributed by atoms with van der Waals surface area (Å²) < 4.78 is 6.28. The lowest BCUT2D eigenvalue weighted by Crippen LogP contribution is -2.11. The average Bonchev–Trinajstić information content (AvgIpc) is 2.78. The summed E-state index contributed by atoms with van der Waals surface area (Å²) in [7, 11) is 1.90. The number of nitrogens with one attached hydrogen (secondary N) is 1. The second kappa shape index (κ2) is 5.42. The van der Waals surface area contributed by atoms with Crippen LogP contribution in [0.25, 0.3) is 11.5 Å². The van der Waals surface area contributed by atoms with Gasteiger partial charge in [-0.25, -0.2) is 0 Å². The molecule has 1 heterocycles. The molecule has 0 aliphatic carbocycles. The topological polar surface area (TPSA) is 51.0 Å². The van der Waals surface area contributed by atoms with Gasteiger partial charge in [-0.15, -0.1) is 0 Å². The Kier molecular flexibility index (Phi) is 3.91. The van der Waals surface area contributed by atoms with Crippen LogP contribution in [0.2, 0.25) is 0 Å². The van der Waals surface area contributed by atoms with Gasteiger partial charge in [0.1, 0.15) is 0 Å². The molecule has 0 fully saturated rings. The molecule has 1 aromatic carbocycles. The Morgan fingerprint density at radius 3 is 3.00 bits per heavy atom. The number of halogens is 1. The molecule has 0 bridgehead atoms. The quantitative estimate of drug-likeness (QED) is 0.942. The highest BCUT2D eigenvalue weighted by atomic mass is 79.9. The number of hydrogen-bond acceptors (Lipinski definition) is 4. The predicted octanol–water partition coefficient (Wildman–Crippen LogP) is 2.57. The Balaban J connectivity index is 2.27. The molecule has 0 radical (unpaired) electrons. The van der Waals surface area contributed by atoms with Gasteiger partial charge in [0, 0.05) is 23.0 Å². The molecule has 90 valence electrons. The average molecular weight is 296 g/mol. The molecule has 0 saturated heterocycles. The first kappa shape index (κ1) is 12.3. The molecule has 0 saturated carbocycles. The molecule has 0 aliphatic rings. The summed E-state index contributed by atoms with van der Waals surface area (Å²) in [6.07, 6.45) is 0.771. The lowest BCUT2D eigenvalue weighted by molar-refractivity contribution is 0.422. The van der Waals surface area contributed by atoms with Gasteiger partial charge in [0.2, 0.25) is 0 Å². The van der Waals surface area contributed by atoms with Gasteiger partial charge in [-0.05, 0) is 31.7 Å². The molecule has 0 spiro atoms. The van der Waals surface area contributed by atoms with E-state index < -0.39 is 0 Å². The zero-order valence-electron chi connectivity index (χ0n) is 9.83. The fourth-order valence-electron chi connectivity index (χ4n) is 1.53. The zero-order valence-corrected chi connectivity index (χ0v) is 11.4. The summed E-state index contributed by atoms with van der Waals surface area (Å²) in [5.41, 5.74) is 2.10. The highest BCUT2D eigenvalue weighted by Gasteiger charge is 2.11. The van der Waals surface area contributed by atoms with Crippen LogP contribution in [0.4, 0.5) is 0 Å². The van der Waals surface area contributed by atoms with Crippen molar-refractivity contribution in [3.05, 3.63) is 34.1 Å². The molecular weight excluding hydrogens is 282 g/mol. The van der Waals surface area contributed by atoms with Crippen LogP contribution >= 0.6 is 15.9 Å². The van der Waals surface area contributed by atoms with Gasteiger partial charge >= 0.3 is 0 Å². The Bertz CT molecular complexity index is 510. The fourth-order valence-corrected chi connectivity index (χ4v) is 1.89. The van der Waals surface area contributed by atoms with Crippen LogP contribution < -0.4 is 5.32 Å². The van der Waals surface area contributed by atoms with Crippen molar-refractivity contribution in [2.24, 2.45) is 0 Å². The van der Waals surface area contributed by atoms with Crippen LogP contribution in [0.1, 0.15) is 11.4 Å². The van der Waals surface area contributed by atoms with E-state index in [0.717, 1.165) is 34.4 Å². The van der Waals surface area contributed by atoms with E-state index in [0.29, 0.717) is 5.89 Å². The molecule has 2 aromatic rings. The molecule has 5 heteroatoms. The highest BCUT2D eigenvalue weighted by molar-refractivity contribution is 9.10. The number of nitrogens with zero attached hydrogens (tertiary/aromatic N) is 2. The summed E-state index contributed by atoms with van der Waals surface area (Å²) in [5, 5.41) is 7.02. The Labute approximate surface area is 109 Å². The first-order chi connectivity index (χ1) is 8.20. The molecule has 1 aromatic heterocycles. The standard InChI is InChI=1S/C12H14BrN3O/c1-8-3-4-9(13)7-10(8)12-15-11(16-17-12)5-6-14-2/h3-4,7,14H,5-6H2,1-2H3. The van der Waals surface area contributed by atoms with Crippen molar-refractivity contribution < 1.29 is 4.52 Å². The minimum absolute atomic E-state index is 0.579. The van der Waals surface area contributed by atoms with Crippen molar-refractivity contribution in [2.75, 3.05) is 13.6 Å². The van der Waals surface area contributed by atoms with Gasteiger partial charge in [-0.1, -0.05) is 27.2 Å². The van der Waals surface area contributed by atoms with Crippen LogP contribution in [-0.4, -0.2) is 23.7 Å². The van der Waals surface area contributed by atoms with E-state index in [1.807, 2.05) is 32.2 Å². The van der Waals surface area contributed by atoms with E-state index in [4.69, 9.17) is 4.52 Å². The van der Waals surface area contributed by atoms with Gasteiger partial charge in [0.15, 0.2) is 5.82 Å². The van der Waals surface area contributed by atoms with Gasteiger partial charge in [-0.3, -0.25) is 0 Å². The van der Waals surface area contributed by atoms with Crippen molar-refractivity contribution in [1.82, 2.24) is 15.5 Å². The van der Waals surface area contributed by atoms with Crippen LogP contribution in [0.5, 0.6) is 0 Å². The first-order valence-corrected chi connectivity index (χ1v) is 6.23. The molecule has 1 N–H and O–H groups in total. The lowest BCUT2D eigenvalue weighted by atomic mass is 10.1. The molecule has 0 atom stereocenters. The highest BCUT2D eigenvalue weighted by Crippen LogP contribution is 2.25. The van der Waals surface area contributed by atoms with E-state index in [2.05, 4.69) is 31.4 Å². The Morgan fingerprint density at radius 1 is 1.41 bits per heavy atom. The van der Waals surface area contributed by atoms with Crippen LogP contribution in [0, 0.1) is 6.92 Å². The fraction of sp³-hybridized carbons (Fsp3) is 0.333. The third-order valence-corrected chi connectivity index (χ3v) is 2.99. The van der Waals surface area contributed by atoms with E-state index in [-0.39, 0.29) is 0 Å². The maximum absolute atomic E-state index is 5.27. The van der Waals surface area contributed by atoms with Crippen molar-refractivity contribution in [3.8, 4) is 11.5 Å². The van der Waals surface area contributed by atoms with Crippen LogP contribution in [0.3, 0.4) is 0 Å². The Hall–Kier alpha value is -1.20. The van der Waals surface area contributed by atoms with E-state index in [9.17, 15) is 0 Å². The monoisotopic (exact) mass is 295 g/mol. The normalized spacial score (nSPS) is 10.8. The number of likely N-dealkylation sites (N-methyl/N-ethyl adjacent to an activating group) is 1. The van der Waals surface area contributed by atoms with E-state index in [1.54, 1.807) is 0 Å². The Morgan fingerprint density at radius 2 is 2.24 bits per heavy atom. The largest absolute Gasteiger partial charge is 0.334 e.